The molecule has 1 amide bonds. The van der Waals surface area contributed by atoms with Crippen LogP contribution >= 0.6 is 0 Å². The van der Waals surface area contributed by atoms with E-state index in [1.807, 2.05) is 0 Å². The Kier molecular flexibility index (Phi) is 7.13. The van der Waals surface area contributed by atoms with E-state index in [4.69, 9.17) is 0 Å². The summed E-state index contributed by atoms with van der Waals surface area (Å²) in [7, 11) is 0. The third-order valence-corrected chi connectivity index (χ3v) is 4.56. The predicted octanol–water partition coefficient (Wildman–Crippen LogP) is 3.31. The van der Waals surface area contributed by atoms with Gasteiger partial charge in [0.2, 0.25) is 5.91 Å². The first-order valence-corrected chi connectivity index (χ1v) is 8.52. The van der Waals surface area contributed by atoms with Crippen LogP contribution in [0.4, 0.5) is 0 Å². The lowest BCUT2D eigenvalue weighted by Gasteiger charge is -2.16. The van der Waals surface area contributed by atoms with Gasteiger partial charge < -0.3 is 10.6 Å². The molecule has 2 rings (SSSR count). The highest BCUT2D eigenvalue weighted by atomic mass is 16.1. The van der Waals surface area contributed by atoms with E-state index in [-0.39, 0.29) is 5.91 Å². The van der Waals surface area contributed by atoms with Crippen LogP contribution in [-0.4, -0.2) is 25.0 Å². The van der Waals surface area contributed by atoms with E-state index in [9.17, 15) is 4.79 Å². The molecule has 0 spiro atoms. The molecule has 0 unspecified atom stereocenters. The van der Waals surface area contributed by atoms with Gasteiger partial charge in [-0.2, -0.15) is 0 Å². The lowest BCUT2D eigenvalue weighted by atomic mass is 9.97. The minimum absolute atomic E-state index is 0.158. The number of allylic oxidation sites excluding steroid dienone is 1. The maximum Gasteiger partial charge on any atom is 0.233 e. The third-order valence-electron chi connectivity index (χ3n) is 4.56. The molecule has 2 N–H and O–H groups in total. The van der Waals surface area contributed by atoms with Gasteiger partial charge in [0.05, 0.1) is 6.54 Å². The molecule has 2 aliphatic carbocycles. The molecule has 0 saturated heterocycles. The van der Waals surface area contributed by atoms with Crippen LogP contribution in [0.15, 0.2) is 11.6 Å². The molecule has 1 fully saturated rings. The molecule has 2 aliphatic rings. The highest BCUT2D eigenvalue weighted by molar-refractivity contribution is 5.78. The number of hydrogen-bond donors (Lipinski definition) is 2. The van der Waals surface area contributed by atoms with E-state index in [1.54, 1.807) is 0 Å². The van der Waals surface area contributed by atoms with E-state index >= 15 is 0 Å². The first kappa shape index (κ1) is 15.6. The molecule has 0 atom stereocenters. The summed E-state index contributed by atoms with van der Waals surface area (Å²) < 4.78 is 0. The van der Waals surface area contributed by atoms with Gasteiger partial charge in [-0.3, -0.25) is 4.79 Å². The molecule has 3 nitrogen and oxygen atoms in total. The number of rotatable bonds is 6. The van der Waals surface area contributed by atoms with Crippen molar-refractivity contribution in [3.8, 4) is 0 Å². The standard InChI is InChI=1S/C17H30N2O/c20-17(14-19-16-10-6-1-2-7-11-16)18-13-12-15-8-4-3-5-9-15/h8,16,19H,1-7,9-14H2,(H,18,20). The molecule has 0 heterocycles. The molecule has 114 valence electrons. The zero-order chi connectivity index (χ0) is 14.0. The Hall–Kier alpha value is -0.830. The minimum Gasteiger partial charge on any atom is -0.355 e. The van der Waals surface area contributed by atoms with Crippen LogP contribution in [0, 0.1) is 0 Å². The van der Waals surface area contributed by atoms with E-state index in [1.165, 1.54) is 69.8 Å². The summed E-state index contributed by atoms with van der Waals surface area (Å²) in [5.74, 6) is 0.158. The van der Waals surface area contributed by atoms with Crippen LogP contribution < -0.4 is 10.6 Å². The quantitative estimate of drug-likeness (QED) is 0.578. The molecular weight excluding hydrogens is 248 g/mol. The average Bonchev–Trinajstić information content (AvgIpc) is 2.75. The van der Waals surface area contributed by atoms with E-state index in [0.29, 0.717) is 12.6 Å². The fourth-order valence-electron chi connectivity index (χ4n) is 3.28. The number of carbonyl (C=O) groups excluding carboxylic acids is 1. The zero-order valence-corrected chi connectivity index (χ0v) is 12.8. The van der Waals surface area contributed by atoms with Gasteiger partial charge in [-0.25, -0.2) is 0 Å². The van der Waals surface area contributed by atoms with Crippen molar-refractivity contribution in [1.82, 2.24) is 10.6 Å². The monoisotopic (exact) mass is 278 g/mol. The summed E-state index contributed by atoms with van der Waals surface area (Å²) in [5, 5.41) is 6.47. The Labute approximate surface area is 123 Å². The van der Waals surface area contributed by atoms with Gasteiger partial charge >= 0.3 is 0 Å². The van der Waals surface area contributed by atoms with Gasteiger partial charge in [-0.15, -0.1) is 0 Å². The van der Waals surface area contributed by atoms with Crippen LogP contribution in [0.1, 0.15) is 70.6 Å². The summed E-state index contributed by atoms with van der Waals surface area (Å²) >= 11 is 0. The lowest BCUT2D eigenvalue weighted by Crippen LogP contribution is -2.39. The van der Waals surface area contributed by atoms with Crippen molar-refractivity contribution >= 4 is 5.91 Å². The summed E-state index contributed by atoms with van der Waals surface area (Å²) in [6, 6.07) is 0.560. The summed E-state index contributed by atoms with van der Waals surface area (Å²) in [4.78, 5) is 11.8. The Morgan fingerprint density at radius 1 is 1.10 bits per heavy atom. The third kappa shape index (κ3) is 6.08. The maximum atomic E-state index is 11.8. The highest BCUT2D eigenvalue weighted by Crippen LogP contribution is 2.19. The number of hydrogen-bond acceptors (Lipinski definition) is 2. The molecule has 20 heavy (non-hydrogen) atoms. The van der Waals surface area contributed by atoms with Crippen molar-refractivity contribution in [3.05, 3.63) is 11.6 Å². The van der Waals surface area contributed by atoms with Gasteiger partial charge in [0.25, 0.3) is 0 Å². The molecule has 3 heteroatoms. The summed E-state index contributed by atoms with van der Waals surface area (Å²) in [6.45, 7) is 1.29. The number of amides is 1. The second kappa shape index (κ2) is 9.17. The first-order valence-electron chi connectivity index (χ1n) is 8.52. The van der Waals surface area contributed by atoms with Gasteiger partial charge in [-0.05, 0) is 44.9 Å². The fourth-order valence-corrected chi connectivity index (χ4v) is 3.28. The van der Waals surface area contributed by atoms with Crippen molar-refractivity contribution in [3.63, 3.8) is 0 Å². The Morgan fingerprint density at radius 3 is 2.60 bits per heavy atom. The summed E-state index contributed by atoms with van der Waals surface area (Å²) in [6.07, 6.45) is 16.3. The average molecular weight is 278 g/mol. The predicted molar refractivity (Wildman–Crippen MR) is 83.7 cm³/mol. The van der Waals surface area contributed by atoms with Crippen molar-refractivity contribution in [1.29, 1.82) is 0 Å². The molecule has 0 aromatic heterocycles. The minimum atomic E-state index is 0.158. The van der Waals surface area contributed by atoms with Crippen LogP contribution in [0.5, 0.6) is 0 Å². The van der Waals surface area contributed by atoms with E-state index in [0.717, 1.165) is 13.0 Å². The molecule has 0 aliphatic heterocycles. The van der Waals surface area contributed by atoms with E-state index in [2.05, 4.69) is 16.7 Å². The van der Waals surface area contributed by atoms with Crippen LogP contribution in [0.3, 0.4) is 0 Å². The van der Waals surface area contributed by atoms with Crippen molar-refractivity contribution in [2.45, 2.75) is 76.7 Å². The van der Waals surface area contributed by atoms with Crippen LogP contribution in [0.25, 0.3) is 0 Å². The topological polar surface area (TPSA) is 41.1 Å². The number of carbonyl (C=O) groups is 1. The van der Waals surface area contributed by atoms with Crippen molar-refractivity contribution in [2.75, 3.05) is 13.1 Å². The molecule has 1 saturated carbocycles. The first-order chi connectivity index (χ1) is 9.84. The SMILES string of the molecule is O=C(CNC1CCCCCC1)NCCC1=CCCCC1. The van der Waals surface area contributed by atoms with Crippen LogP contribution in [0.2, 0.25) is 0 Å². The molecule has 0 bridgehead atoms. The van der Waals surface area contributed by atoms with E-state index < -0.39 is 0 Å². The lowest BCUT2D eigenvalue weighted by molar-refractivity contribution is -0.120. The molecule has 0 aromatic carbocycles. The second-order valence-corrected chi connectivity index (χ2v) is 6.28. The van der Waals surface area contributed by atoms with Crippen molar-refractivity contribution < 1.29 is 4.79 Å². The zero-order valence-electron chi connectivity index (χ0n) is 12.8. The largest absolute Gasteiger partial charge is 0.355 e. The second-order valence-electron chi connectivity index (χ2n) is 6.28. The Morgan fingerprint density at radius 2 is 1.90 bits per heavy atom. The van der Waals surface area contributed by atoms with Gasteiger partial charge in [0.1, 0.15) is 0 Å². The van der Waals surface area contributed by atoms with Gasteiger partial charge in [-0.1, -0.05) is 37.3 Å². The summed E-state index contributed by atoms with van der Waals surface area (Å²) in [5.41, 5.74) is 1.54. The maximum absolute atomic E-state index is 11.8. The van der Waals surface area contributed by atoms with Gasteiger partial charge in [0.15, 0.2) is 0 Å². The smallest absolute Gasteiger partial charge is 0.233 e. The molecule has 0 radical (unpaired) electrons. The highest BCUT2D eigenvalue weighted by Gasteiger charge is 2.12. The number of nitrogens with one attached hydrogen (secondary N) is 2. The van der Waals surface area contributed by atoms with Crippen LogP contribution in [-0.2, 0) is 4.79 Å². The normalized spacial score (nSPS) is 21.1. The van der Waals surface area contributed by atoms with Crippen molar-refractivity contribution in [2.24, 2.45) is 0 Å². The fraction of sp³-hybridized carbons (Fsp3) is 0.824. The van der Waals surface area contributed by atoms with Gasteiger partial charge in [0, 0.05) is 12.6 Å². The molecule has 0 aromatic rings. The Balaban J connectivity index is 1.54. The molecular formula is C17H30N2O. The Bertz CT molecular complexity index is 317.